The Morgan fingerprint density at radius 2 is 2.32 bits per heavy atom. The lowest BCUT2D eigenvalue weighted by Crippen LogP contribution is -2.33. The van der Waals surface area contributed by atoms with Crippen LogP contribution in [0.1, 0.15) is 17.3 Å². The smallest absolute Gasteiger partial charge is 0.272 e. The number of pyridine rings is 1. The Kier molecular flexibility index (Phi) is 6.14. The van der Waals surface area contributed by atoms with Crippen molar-refractivity contribution in [1.29, 1.82) is 0 Å². The molecule has 19 heavy (non-hydrogen) atoms. The number of carbonyl (C=O) groups is 1. The number of halogens is 2. The number of aliphatic hydroxyl groups is 1. The van der Waals surface area contributed by atoms with E-state index in [1.807, 2.05) is 0 Å². The van der Waals surface area contributed by atoms with E-state index in [0.29, 0.717) is 6.54 Å². The number of alkyl halides is 2. The van der Waals surface area contributed by atoms with Gasteiger partial charge in [-0.05, 0) is 19.1 Å². The average molecular weight is 274 g/mol. The standard InChI is InChI=1S/C12H16F2N2O3/c1-2-16(6-7-17)12(18)9-4-3-5-15-11(9)19-8-10(13)14/h3-5,10,17H,2,6-8H2,1H3. The fraction of sp³-hybridized carbons (Fsp3) is 0.500. The van der Waals surface area contributed by atoms with Crippen molar-refractivity contribution in [1.82, 2.24) is 9.88 Å². The molecule has 7 heteroatoms. The first-order chi connectivity index (χ1) is 9.10. The van der Waals surface area contributed by atoms with Gasteiger partial charge in [0.2, 0.25) is 5.88 Å². The number of nitrogens with zero attached hydrogens (tertiary/aromatic N) is 2. The molecule has 0 spiro atoms. The summed E-state index contributed by atoms with van der Waals surface area (Å²) in [6.07, 6.45) is -1.27. The summed E-state index contributed by atoms with van der Waals surface area (Å²) < 4.78 is 29.1. The van der Waals surface area contributed by atoms with Gasteiger partial charge >= 0.3 is 0 Å². The molecule has 1 heterocycles. The zero-order chi connectivity index (χ0) is 14.3. The Balaban J connectivity index is 2.89. The number of likely N-dealkylation sites (N-methyl/N-ethyl adjacent to an activating group) is 1. The Morgan fingerprint density at radius 3 is 2.89 bits per heavy atom. The topological polar surface area (TPSA) is 62.7 Å². The molecule has 1 N–H and O–H groups in total. The van der Waals surface area contributed by atoms with E-state index in [1.165, 1.54) is 23.2 Å². The lowest BCUT2D eigenvalue weighted by atomic mass is 10.2. The number of rotatable bonds is 7. The summed E-state index contributed by atoms with van der Waals surface area (Å²) >= 11 is 0. The van der Waals surface area contributed by atoms with Crippen molar-refractivity contribution >= 4 is 5.91 Å². The fourth-order valence-electron chi connectivity index (χ4n) is 1.50. The largest absolute Gasteiger partial charge is 0.471 e. The minimum atomic E-state index is -2.63. The molecule has 0 fully saturated rings. The van der Waals surface area contributed by atoms with E-state index in [-0.39, 0.29) is 24.6 Å². The summed E-state index contributed by atoms with van der Waals surface area (Å²) in [5, 5.41) is 8.87. The van der Waals surface area contributed by atoms with Gasteiger partial charge in [0, 0.05) is 19.3 Å². The first kappa shape index (κ1) is 15.3. The van der Waals surface area contributed by atoms with Crippen LogP contribution in [0.4, 0.5) is 8.78 Å². The van der Waals surface area contributed by atoms with E-state index in [2.05, 4.69) is 4.98 Å². The van der Waals surface area contributed by atoms with Crippen LogP contribution in [0.5, 0.6) is 5.88 Å². The van der Waals surface area contributed by atoms with Gasteiger partial charge in [-0.25, -0.2) is 13.8 Å². The molecule has 0 bridgehead atoms. The number of aromatic nitrogens is 1. The van der Waals surface area contributed by atoms with Gasteiger partial charge in [0.15, 0.2) is 6.61 Å². The summed E-state index contributed by atoms with van der Waals surface area (Å²) in [5.41, 5.74) is 0.110. The molecule has 0 aliphatic carbocycles. The van der Waals surface area contributed by atoms with Gasteiger partial charge in [-0.15, -0.1) is 0 Å². The van der Waals surface area contributed by atoms with E-state index in [1.54, 1.807) is 6.92 Å². The second-order valence-electron chi connectivity index (χ2n) is 3.67. The van der Waals surface area contributed by atoms with Gasteiger partial charge in [-0.3, -0.25) is 4.79 Å². The SMILES string of the molecule is CCN(CCO)C(=O)c1cccnc1OCC(F)F. The number of ether oxygens (including phenoxy) is 1. The van der Waals surface area contributed by atoms with Crippen molar-refractivity contribution < 1.29 is 23.4 Å². The number of aliphatic hydroxyl groups excluding tert-OH is 1. The van der Waals surface area contributed by atoms with Gasteiger partial charge < -0.3 is 14.7 Å². The van der Waals surface area contributed by atoms with Crippen molar-refractivity contribution in [3.8, 4) is 5.88 Å². The molecule has 0 saturated carbocycles. The Hall–Kier alpha value is -1.76. The molecule has 0 aliphatic rings. The van der Waals surface area contributed by atoms with E-state index < -0.39 is 18.9 Å². The third-order valence-electron chi connectivity index (χ3n) is 2.39. The van der Waals surface area contributed by atoms with Crippen molar-refractivity contribution in [3.63, 3.8) is 0 Å². The first-order valence-corrected chi connectivity index (χ1v) is 5.86. The van der Waals surface area contributed by atoms with Crippen molar-refractivity contribution in [3.05, 3.63) is 23.9 Å². The van der Waals surface area contributed by atoms with Crippen LogP contribution in [0.3, 0.4) is 0 Å². The molecule has 1 amide bonds. The quantitative estimate of drug-likeness (QED) is 0.811. The highest BCUT2D eigenvalue weighted by molar-refractivity contribution is 5.96. The molecule has 0 radical (unpaired) electrons. The highest BCUT2D eigenvalue weighted by Gasteiger charge is 2.19. The predicted octanol–water partition coefficient (Wildman–Crippen LogP) is 1.18. The Morgan fingerprint density at radius 1 is 1.58 bits per heavy atom. The van der Waals surface area contributed by atoms with Crippen LogP contribution >= 0.6 is 0 Å². The van der Waals surface area contributed by atoms with Gasteiger partial charge in [0.05, 0.1) is 6.61 Å². The molecule has 0 saturated heterocycles. The number of amides is 1. The van der Waals surface area contributed by atoms with Crippen LogP contribution in [0.2, 0.25) is 0 Å². The minimum absolute atomic E-state index is 0.110. The third kappa shape index (κ3) is 4.44. The van der Waals surface area contributed by atoms with Crippen LogP contribution in [0.25, 0.3) is 0 Å². The van der Waals surface area contributed by atoms with Crippen molar-refractivity contribution in [2.75, 3.05) is 26.3 Å². The molecule has 1 rings (SSSR count). The molecule has 0 aliphatic heterocycles. The summed E-state index contributed by atoms with van der Waals surface area (Å²) in [7, 11) is 0. The molecule has 1 aromatic heterocycles. The lowest BCUT2D eigenvalue weighted by molar-refractivity contribution is 0.0686. The summed E-state index contributed by atoms with van der Waals surface area (Å²) in [6, 6.07) is 2.98. The third-order valence-corrected chi connectivity index (χ3v) is 2.39. The van der Waals surface area contributed by atoms with Crippen LogP contribution < -0.4 is 4.74 Å². The zero-order valence-corrected chi connectivity index (χ0v) is 10.6. The average Bonchev–Trinajstić information content (AvgIpc) is 2.42. The summed E-state index contributed by atoms with van der Waals surface area (Å²) in [6.45, 7) is 1.32. The molecule has 0 aromatic carbocycles. The molecule has 1 aromatic rings. The Labute approximate surface area is 109 Å². The molecule has 0 unspecified atom stereocenters. The van der Waals surface area contributed by atoms with Crippen LogP contribution in [0, 0.1) is 0 Å². The lowest BCUT2D eigenvalue weighted by Gasteiger charge is -2.20. The monoisotopic (exact) mass is 274 g/mol. The van der Waals surface area contributed by atoms with Gasteiger partial charge in [-0.1, -0.05) is 0 Å². The number of carbonyl (C=O) groups excluding carboxylic acids is 1. The van der Waals surface area contributed by atoms with Crippen LogP contribution in [-0.4, -0.2) is 53.6 Å². The first-order valence-electron chi connectivity index (χ1n) is 5.86. The highest BCUT2D eigenvalue weighted by atomic mass is 19.3. The second-order valence-corrected chi connectivity index (χ2v) is 3.67. The summed E-state index contributed by atoms with van der Waals surface area (Å²) in [5.74, 6) is -0.530. The highest BCUT2D eigenvalue weighted by Crippen LogP contribution is 2.17. The van der Waals surface area contributed by atoms with Crippen molar-refractivity contribution in [2.24, 2.45) is 0 Å². The summed E-state index contributed by atoms with van der Waals surface area (Å²) in [4.78, 5) is 17.3. The van der Waals surface area contributed by atoms with E-state index in [0.717, 1.165) is 0 Å². The molecule has 106 valence electrons. The molecule has 5 nitrogen and oxygen atoms in total. The van der Waals surface area contributed by atoms with Crippen LogP contribution in [-0.2, 0) is 0 Å². The van der Waals surface area contributed by atoms with E-state index in [9.17, 15) is 13.6 Å². The number of hydrogen-bond acceptors (Lipinski definition) is 4. The Bertz CT molecular complexity index is 416. The minimum Gasteiger partial charge on any atom is -0.471 e. The van der Waals surface area contributed by atoms with E-state index in [4.69, 9.17) is 9.84 Å². The van der Waals surface area contributed by atoms with Gasteiger partial charge in [-0.2, -0.15) is 0 Å². The normalized spacial score (nSPS) is 10.6. The van der Waals surface area contributed by atoms with E-state index >= 15 is 0 Å². The molecular formula is C12H16F2N2O3. The zero-order valence-electron chi connectivity index (χ0n) is 10.6. The molecule has 0 atom stereocenters. The van der Waals surface area contributed by atoms with Crippen molar-refractivity contribution in [2.45, 2.75) is 13.3 Å². The van der Waals surface area contributed by atoms with Crippen LogP contribution in [0.15, 0.2) is 18.3 Å². The maximum Gasteiger partial charge on any atom is 0.272 e. The molecular weight excluding hydrogens is 258 g/mol. The van der Waals surface area contributed by atoms with Gasteiger partial charge in [0.25, 0.3) is 12.3 Å². The second kappa shape index (κ2) is 7.63. The fourth-order valence-corrected chi connectivity index (χ4v) is 1.50. The maximum atomic E-state index is 12.1. The predicted molar refractivity (Wildman–Crippen MR) is 64.4 cm³/mol. The van der Waals surface area contributed by atoms with Gasteiger partial charge in [0.1, 0.15) is 5.56 Å². The number of hydrogen-bond donors (Lipinski definition) is 1. The maximum absolute atomic E-state index is 12.1.